The molecule has 0 heterocycles. The van der Waals surface area contributed by atoms with Gasteiger partial charge in [-0.3, -0.25) is 0 Å². The molecule has 3 aliphatic carbocycles. The first-order chi connectivity index (χ1) is 7.71. The summed E-state index contributed by atoms with van der Waals surface area (Å²) in [5.74, 6) is 1.61. The molecule has 2 heteroatoms. The number of hydrogen-bond acceptors (Lipinski definition) is 2. The van der Waals surface area contributed by atoms with Crippen LogP contribution in [0.2, 0.25) is 0 Å². The molecule has 2 nitrogen and oxygen atoms in total. The summed E-state index contributed by atoms with van der Waals surface area (Å²) in [4.78, 5) is 0. The predicted octanol–water partition coefficient (Wildman–Crippen LogP) is 2.58. The molecule has 6 atom stereocenters. The Labute approximate surface area is 104 Å². The number of rotatable bonds is 0. The van der Waals surface area contributed by atoms with Crippen molar-refractivity contribution in [1.82, 2.24) is 0 Å². The normalized spacial score (nSPS) is 60.4. The average Bonchev–Trinajstić information content (AvgIpc) is 2.67. The van der Waals surface area contributed by atoms with Crippen molar-refractivity contribution < 1.29 is 10.2 Å². The lowest BCUT2D eigenvalue weighted by atomic mass is 9.68. The first-order valence-corrected chi connectivity index (χ1v) is 7.12. The summed E-state index contributed by atoms with van der Waals surface area (Å²) in [5.41, 5.74) is -0.256. The third-order valence-electron chi connectivity index (χ3n) is 6.56. The zero-order valence-electron chi connectivity index (χ0n) is 11.5. The van der Waals surface area contributed by atoms with Crippen LogP contribution in [0.25, 0.3) is 0 Å². The van der Waals surface area contributed by atoms with Gasteiger partial charge in [-0.25, -0.2) is 0 Å². The molecule has 0 aromatic heterocycles. The Balaban J connectivity index is 2.03. The van der Waals surface area contributed by atoms with Gasteiger partial charge < -0.3 is 10.2 Å². The van der Waals surface area contributed by atoms with Gasteiger partial charge in [0.25, 0.3) is 0 Å². The minimum atomic E-state index is -0.573. The summed E-state index contributed by atoms with van der Waals surface area (Å²) in [6.45, 7) is 8.89. The van der Waals surface area contributed by atoms with E-state index in [0.717, 1.165) is 25.7 Å². The molecule has 3 rings (SSSR count). The van der Waals surface area contributed by atoms with Crippen molar-refractivity contribution >= 4 is 0 Å². The van der Waals surface area contributed by atoms with Crippen LogP contribution in [0, 0.1) is 28.6 Å². The van der Waals surface area contributed by atoms with Crippen LogP contribution in [0.3, 0.4) is 0 Å². The van der Waals surface area contributed by atoms with E-state index in [1.54, 1.807) is 0 Å². The van der Waals surface area contributed by atoms with E-state index < -0.39 is 5.60 Å². The molecule has 0 saturated heterocycles. The zero-order chi connectivity index (χ0) is 12.6. The summed E-state index contributed by atoms with van der Waals surface area (Å²) >= 11 is 0. The van der Waals surface area contributed by atoms with E-state index >= 15 is 0 Å². The second-order valence-corrected chi connectivity index (χ2v) is 7.89. The highest BCUT2D eigenvalue weighted by atomic mass is 16.3. The summed E-state index contributed by atoms with van der Waals surface area (Å²) in [7, 11) is 0. The monoisotopic (exact) mass is 238 g/mol. The van der Waals surface area contributed by atoms with Crippen molar-refractivity contribution in [2.45, 2.75) is 65.1 Å². The van der Waals surface area contributed by atoms with E-state index in [1.807, 2.05) is 6.92 Å². The maximum Gasteiger partial charge on any atom is 0.0657 e. The van der Waals surface area contributed by atoms with Gasteiger partial charge in [-0.05, 0) is 61.2 Å². The summed E-state index contributed by atoms with van der Waals surface area (Å²) in [5, 5.41) is 21.2. The molecule has 0 unspecified atom stereocenters. The molecular formula is C15H26O2. The Bertz CT molecular complexity index is 347. The highest BCUT2D eigenvalue weighted by molar-refractivity contribution is 5.19. The van der Waals surface area contributed by atoms with Crippen LogP contribution < -0.4 is 0 Å². The molecule has 0 aromatic rings. The van der Waals surface area contributed by atoms with Crippen LogP contribution in [0.4, 0.5) is 0 Å². The van der Waals surface area contributed by atoms with Crippen molar-refractivity contribution in [2.24, 2.45) is 28.6 Å². The minimum Gasteiger partial charge on any atom is -0.393 e. The van der Waals surface area contributed by atoms with Crippen molar-refractivity contribution in [3.8, 4) is 0 Å². The second-order valence-electron chi connectivity index (χ2n) is 7.89. The van der Waals surface area contributed by atoms with Gasteiger partial charge >= 0.3 is 0 Å². The van der Waals surface area contributed by atoms with E-state index in [2.05, 4.69) is 20.8 Å². The van der Waals surface area contributed by atoms with Gasteiger partial charge in [-0.2, -0.15) is 0 Å². The Morgan fingerprint density at radius 1 is 1.00 bits per heavy atom. The van der Waals surface area contributed by atoms with E-state index in [0.29, 0.717) is 17.3 Å². The quantitative estimate of drug-likeness (QED) is 0.681. The molecular weight excluding hydrogens is 212 g/mol. The van der Waals surface area contributed by atoms with Crippen LogP contribution in [0.5, 0.6) is 0 Å². The van der Waals surface area contributed by atoms with Crippen molar-refractivity contribution in [3.63, 3.8) is 0 Å². The predicted molar refractivity (Wildman–Crippen MR) is 67.5 cm³/mol. The molecule has 3 fully saturated rings. The standard InChI is InChI=1S/C15H26O2/c1-13(2)9-5-6-10(16)14(3)7-8-15(4,17)12(14)11(9)13/h9-12,16-17H,5-8H2,1-4H3/t9-,10+,11+,12-,14+,15-/m0/s1. The van der Waals surface area contributed by atoms with Crippen molar-refractivity contribution in [2.75, 3.05) is 0 Å². The SMILES string of the molecule is CC1(C)[C@@H]2[C@@H]1CC[C@@H](O)[C@@]1(C)CC[C@](C)(O)[C@@H]21. The molecule has 0 amide bonds. The van der Waals surface area contributed by atoms with Gasteiger partial charge in [0.2, 0.25) is 0 Å². The third kappa shape index (κ3) is 1.34. The lowest BCUT2D eigenvalue weighted by Crippen LogP contribution is -2.44. The zero-order valence-corrected chi connectivity index (χ0v) is 11.5. The molecule has 98 valence electrons. The van der Waals surface area contributed by atoms with Crippen molar-refractivity contribution in [3.05, 3.63) is 0 Å². The lowest BCUT2D eigenvalue weighted by Gasteiger charge is -2.40. The molecule has 2 N–H and O–H groups in total. The fourth-order valence-electron chi connectivity index (χ4n) is 5.38. The number of aliphatic hydroxyl groups is 2. The van der Waals surface area contributed by atoms with E-state index in [9.17, 15) is 10.2 Å². The number of hydrogen-bond donors (Lipinski definition) is 2. The smallest absolute Gasteiger partial charge is 0.0657 e. The molecule has 0 bridgehead atoms. The highest BCUT2D eigenvalue weighted by Crippen LogP contribution is 2.73. The van der Waals surface area contributed by atoms with E-state index in [1.165, 1.54) is 0 Å². The Morgan fingerprint density at radius 2 is 1.65 bits per heavy atom. The Kier molecular flexibility index (Phi) is 2.17. The van der Waals surface area contributed by atoms with Gasteiger partial charge in [0.05, 0.1) is 11.7 Å². The van der Waals surface area contributed by atoms with Gasteiger partial charge in [0.1, 0.15) is 0 Å². The van der Waals surface area contributed by atoms with Gasteiger partial charge in [-0.15, -0.1) is 0 Å². The second kappa shape index (κ2) is 3.08. The Hall–Kier alpha value is -0.0800. The fourth-order valence-corrected chi connectivity index (χ4v) is 5.38. The summed E-state index contributed by atoms with van der Waals surface area (Å²) in [6.07, 6.45) is 3.68. The first-order valence-electron chi connectivity index (χ1n) is 7.12. The third-order valence-corrected chi connectivity index (χ3v) is 6.56. The van der Waals surface area contributed by atoms with Crippen molar-refractivity contribution in [1.29, 1.82) is 0 Å². The molecule has 3 aliphatic rings. The lowest BCUT2D eigenvalue weighted by molar-refractivity contribution is -0.0674. The van der Waals surface area contributed by atoms with Crippen LogP contribution in [-0.4, -0.2) is 21.9 Å². The maximum atomic E-state index is 10.7. The Morgan fingerprint density at radius 3 is 2.29 bits per heavy atom. The van der Waals surface area contributed by atoms with Crippen LogP contribution >= 0.6 is 0 Å². The largest absolute Gasteiger partial charge is 0.393 e. The molecule has 0 radical (unpaired) electrons. The van der Waals surface area contributed by atoms with E-state index in [4.69, 9.17) is 0 Å². The van der Waals surface area contributed by atoms with Crippen LogP contribution in [0.15, 0.2) is 0 Å². The van der Waals surface area contributed by atoms with Gasteiger partial charge in [0, 0.05) is 0 Å². The maximum absolute atomic E-state index is 10.7. The number of aliphatic hydroxyl groups excluding tert-OH is 1. The van der Waals surface area contributed by atoms with Crippen LogP contribution in [-0.2, 0) is 0 Å². The number of fused-ring (bicyclic) bond motifs is 3. The molecule has 17 heavy (non-hydrogen) atoms. The molecule has 3 saturated carbocycles. The summed E-state index contributed by atoms with van der Waals surface area (Å²) < 4.78 is 0. The van der Waals surface area contributed by atoms with Gasteiger partial charge in [0.15, 0.2) is 0 Å². The molecule has 0 aromatic carbocycles. The molecule has 0 aliphatic heterocycles. The van der Waals surface area contributed by atoms with E-state index in [-0.39, 0.29) is 17.4 Å². The topological polar surface area (TPSA) is 40.5 Å². The van der Waals surface area contributed by atoms with Crippen LogP contribution in [0.1, 0.15) is 53.4 Å². The first kappa shape index (κ1) is 12.0. The fraction of sp³-hybridized carbons (Fsp3) is 1.00. The highest BCUT2D eigenvalue weighted by Gasteiger charge is 2.71. The summed E-state index contributed by atoms with van der Waals surface area (Å²) in [6, 6.07) is 0. The molecule has 0 spiro atoms. The minimum absolute atomic E-state index is 0.0588. The average molecular weight is 238 g/mol. The van der Waals surface area contributed by atoms with Gasteiger partial charge in [-0.1, -0.05) is 20.8 Å².